The summed E-state index contributed by atoms with van der Waals surface area (Å²) in [6, 6.07) is 1.12. The summed E-state index contributed by atoms with van der Waals surface area (Å²) >= 11 is 0. The van der Waals surface area contributed by atoms with Crippen LogP contribution in [0.5, 0.6) is 0 Å². The monoisotopic (exact) mass is 264 g/mol. The summed E-state index contributed by atoms with van der Waals surface area (Å²) < 4.78 is 0. The standard InChI is InChI=1S/C16H28N2O/c1-2-16(9-3-4-10-16)15(19)18(14-7-8-14)12-13-6-5-11-17-13/h13-14,17H,2-12H2,1H3. The van der Waals surface area contributed by atoms with Crippen LogP contribution in [0.1, 0.15) is 64.7 Å². The molecule has 3 rings (SSSR count). The summed E-state index contributed by atoms with van der Waals surface area (Å²) in [6.07, 6.45) is 10.8. The molecule has 0 aromatic rings. The molecular weight excluding hydrogens is 236 g/mol. The van der Waals surface area contributed by atoms with Gasteiger partial charge in [0.2, 0.25) is 5.91 Å². The van der Waals surface area contributed by atoms with E-state index in [1.54, 1.807) is 0 Å². The first-order valence-corrected chi connectivity index (χ1v) is 8.30. The molecule has 0 spiro atoms. The molecule has 3 aliphatic rings. The maximum Gasteiger partial charge on any atom is 0.229 e. The zero-order chi connectivity index (χ0) is 13.3. The van der Waals surface area contributed by atoms with Gasteiger partial charge >= 0.3 is 0 Å². The van der Waals surface area contributed by atoms with Gasteiger partial charge in [0.1, 0.15) is 0 Å². The minimum absolute atomic E-state index is 0.00118. The van der Waals surface area contributed by atoms with Crippen molar-refractivity contribution in [2.24, 2.45) is 5.41 Å². The van der Waals surface area contributed by atoms with Crippen molar-refractivity contribution in [1.29, 1.82) is 0 Å². The summed E-state index contributed by atoms with van der Waals surface area (Å²) in [5.41, 5.74) is 0.00118. The highest BCUT2D eigenvalue weighted by atomic mass is 16.2. The molecule has 2 saturated carbocycles. The van der Waals surface area contributed by atoms with Crippen molar-refractivity contribution in [3.63, 3.8) is 0 Å². The van der Waals surface area contributed by atoms with Crippen LogP contribution in [0.2, 0.25) is 0 Å². The molecule has 1 saturated heterocycles. The molecule has 1 heterocycles. The molecule has 1 atom stereocenters. The number of carbonyl (C=O) groups excluding carboxylic acids is 1. The lowest BCUT2D eigenvalue weighted by Gasteiger charge is -2.35. The van der Waals surface area contributed by atoms with Crippen LogP contribution in [0.3, 0.4) is 0 Å². The lowest BCUT2D eigenvalue weighted by Crippen LogP contribution is -2.48. The third-order valence-electron chi connectivity index (χ3n) is 5.52. The van der Waals surface area contributed by atoms with Gasteiger partial charge in [-0.25, -0.2) is 0 Å². The maximum absolute atomic E-state index is 13.1. The van der Waals surface area contributed by atoms with Crippen molar-refractivity contribution in [2.75, 3.05) is 13.1 Å². The van der Waals surface area contributed by atoms with Gasteiger partial charge < -0.3 is 10.2 Å². The second-order valence-corrected chi connectivity index (χ2v) is 6.82. The molecule has 108 valence electrons. The van der Waals surface area contributed by atoms with E-state index in [9.17, 15) is 4.79 Å². The number of nitrogens with zero attached hydrogens (tertiary/aromatic N) is 1. The van der Waals surface area contributed by atoms with Gasteiger partial charge in [-0.15, -0.1) is 0 Å². The molecular formula is C16H28N2O. The van der Waals surface area contributed by atoms with E-state index in [1.807, 2.05) is 0 Å². The first-order chi connectivity index (χ1) is 9.25. The smallest absolute Gasteiger partial charge is 0.229 e. The Bertz CT molecular complexity index is 326. The van der Waals surface area contributed by atoms with Gasteiger partial charge in [0.15, 0.2) is 0 Å². The Labute approximate surface area is 117 Å². The average molecular weight is 264 g/mol. The lowest BCUT2D eigenvalue weighted by molar-refractivity contribution is -0.143. The second kappa shape index (κ2) is 5.43. The van der Waals surface area contributed by atoms with Gasteiger partial charge in [0.25, 0.3) is 0 Å². The summed E-state index contributed by atoms with van der Waals surface area (Å²) in [6.45, 7) is 4.31. The van der Waals surface area contributed by atoms with Crippen LogP contribution in [-0.2, 0) is 4.79 Å². The van der Waals surface area contributed by atoms with Crippen LogP contribution in [0.15, 0.2) is 0 Å². The molecule has 3 nitrogen and oxygen atoms in total. The zero-order valence-electron chi connectivity index (χ0n) is 12.3. The Morgan fingerprint density at radius 1 is 1.21 bits per heavy atom. The van der Waals surface area contributed by atoms with Crippen LogP contribution >= 0.6 is 0 Å². The highest BCUT2D eigenvalue weighted by Crippen LogP contribution is 2.44. The first kappa shape index (κ1) is 13.4. The van der Waals surface area contributed by atoms with Crippen LogP contribution in [0, 0.1) is 5.41 Å². The van der Waals surface area contributed by atoms with E-state index in [2.05, 4.69) is 17.1 Å². The topological polar surface area (TPSA) is 32.3 Å². The van der Waals surface area contributed by atoms with Crippen molar-refractivity contribution in [2.45, 2.75) is 76.8 Å². The average Bonchev–Trinajstić information content (AvgIpc) is 2.96. The number of rotatable bonds is 5. The number of hydrogen-bond donors (Lipinski definition) is 1. The molecule has 0 aromatic heterocycles. The second-order valence-electron chi connectivity index (χ2n) is 6.82. The molecule has 1 amide bonds. The molecule has 1 unspecified atom stereocenters. The molecule has 3 heteroatoms. The normalized spacial score (nSPS) is 29.6. The molecule has 19 heavy (non-hydrogen) atoms. The van der Waals surface area contributed by atoms with Crippen LogP contribution in [-0.4, -0.2) is 36.0 Å². The number of hydrogen-bond acceptors (Lipinski definition) is 2. The highest BCUT2D eigenvalue weighted by Gasteiger charge is 2.46. The zero-order valence-corrected chi connectivity index (χ0v) is 12.3. The van der Waals surface area contributed by atoms with Crippen molar-refractivity contribution in [3.8, 4) is 0 Å². The van der Waals surface area contributed by atoms with Gasteiger partial charge in [-0.1, -0.05) is 19.8 Å². The van der Waals surface area contributed by atoms with E-state index in [-0.39, 0.29) is 5.41 Å². The number of carbonyl (C=O) groups is 1. The Morgan fingerprint density at radius 3 is 2.47 bits per heavy atom. The number of amides is 1. The Balaban J connectivity index is 1.69. The van der Waals surface area contributed by atoms with E-state index in [1.165, 1.54) is 38.5 Å². The van der Waals surface area contributed by atoms with Crippen molar-refractivity contribution in [3.05, 3.63) is 0 Å². The Kier molecular flexibility index (Phi) is 3.84. The minimum atomic E-state index is 0.00118. The third-order valence-corrected chi connectivity index (χ3v) is 5.52. The first-order valence-electron chi connectivity index (χ1n) is 8.30. The van der Waals surface area contributed by atoms with Crippen molar-refractivity contribution < 1.29 is 4.79 Å². The maximum atomic E-state index is 13.1. The molecule has 1 aliphatic heterocycles. The van der Waals surface area contributed by atoms with Crippen LogP contribution in [0.4, 0.5) is 0 Å². The van der Waals surface area contributed by atoms with E-state index < -0.39 is 0 Å². The fourth-order valence-electron chi connectivity index (χ4n) is 4.01. The molecule has 0 aromatic carbocycles. The summed E-state index contributed by atoms with van der Waals surface area (Å²) in [4.78, 5) is 15.3. The fraction of sp³-hybridized carbons (Fsp3) is 0.938. The van der Waals surface area contributed by atoms with E-state index in [4.69, 9.17) is 0 Å². The van der Waals surface area contributed by atoms with Gasteiger partial charge in [-0.05, 0) is 51.5 Å². The van der Waals surface area contributed by atoms with Gasteiger partial charge in [0.05, 0.1) is 0 Å². The summed E-state index contributed by atoms with van der Waals surface area (Å²) in [7, 11) is 0. The van der Waals surface area contributed by atoms with E-state index in [0.29, 0.717) is 18.0 Å². The fourth-order valence-corrected chi connectivity index (χ4v) is 4.01. The summed E-state index contributed by atoms with van der Waals surface area (Å²) in [5, 5.41) is 3.55. The molecule has 2 aliphatic carbocycles. The molecule has 0 radical (unpaired) electrons. The van der Waals surface area contributed by atoms with Crippen molar-refractivity contribution >= 4 is 5.91 Å². The van der Waals surface area contributed by atoms with E-state index in [0.717, 1.165) is 32.4 Å². The molecule has 0 bridgehead atoms. The Hall–Kier alpha value is -0.570. The van der Waals surface area contributed by atoms with Crippen LogP contribution < -0.4 is 5.32 Å². The Morgan fingerprint density at radius 2 is 1.95 bits per heavy atom. The van der Waals surface area contributed by atoms with Crippen LogP contribution in [0.25, 0.3) is 0 Å². The SMILES string of the molecule is CCC1(C(=O)N(CC2CCCN2)C2CC2)CCCC1. The van der Waals surface area contributed by atoms with Gasteiger partial charge in [0, 0.05) is 24.0 Å². The van der Waals surface area contributed by atoms with E-state index >= 15 is 0 Å². The highest BCUT2D eigenvalue weighted by molar-refractivity contribution is 5.83. The van der Waals surface area contributed by atoms with Gasteiger partial charge in [-0.3, -0.25) is 4.79 Å². The third kappa shape index (κ3) is 2.67. The predicted octanol–water partition coefficient (Wildman–Crippen LogP) is 2.70. The predicted molar refractivity (Wildman–Crippen MR) is 77.0 cm³/mol. The quantitative estimate of drug-likeness (QED) is 0.828. The molecule has 1 N–H and O–H groups in total. The summed E-state index contributed by atoms with van der Waals surface area (Å²) in [5.74, 6) is 0.490. The minimum Gasteiger partial charge on any atom is -0.338 e. The molecule has 3 fully saturated rings. The van der Waals surface area contributed by atoms with Gasteiger partial charge in [-0.2, -0.15) is 0 Å². The number of nitrogens with one attached hydrogen (secondary N) is 1. The lowest BCUT2D eigenvalue weighted by atomic mass is 9.81. The van der Waals surface area contributed by atoms with Crippen molar-refractivity contribution in [1.82, 2.24) is 10.2 Å². The largest absolute Gasteiger partial charge is 0.338 e.